The van der Waals surface area contributed by atoms with Crippen molar-refractivity contribution in [3.8, 4) is 0 Å². The highest BCUT2D eigenvalue weighted by molar-refractivity contribution is 7.99. The largest absolute Gasteiger partial charge is 0.465 e. The van der Waals surface area contributed by atoms with Gasteiger partial charge in [0.05, 0.1) is 18.4 Å². The number of carbonyl (C=O) groups excluding carboxylic acids is 1. The Balaban J connectivity index is 1.85. The monoisotopic (exact) mass is 353 g/mol. The van der Waals surface area contributed by atoms with Gasteiger partial charge in [0.15, 0.2) is 0 Å². The first kappa shape index (κ1) is 17.6. The molecule has 1 aliphatic heterocycles. The molecule has 0 radical (unpaired) electrons. The van der Waals surface area contributed by atoms with Crippen molar-refractivity contribution >= 4 is 35.1 Å². The summed E-state index contributed by atoms with van der Waals surface area (Å²) in [5.74, 6) is 0.859. The predicted octanol–water partition coefficient (Wildman–Crippen LogP) is 4.97. The number of esters is 1. The quantitative estimate of drug-likeness (QED) is 0.576. The predicted molar refractivity (Wildman–Crippen MR) is 106 cm³/mol. The number of rotatable bonds is 3. The Kier molecular flexibility index (Phi) is 5.49. The summed E-state index contributed by atoms with van der Waals surface area (Å²) >= 11 is 1.94. The highest BCUT2D eigenvalue weighted by Gasteiger charge is 2.13. The Morgan fingerprint density at radius 3 is 2.60 bits per heavy atom. The van der Waals surface area contributed by atoms with E-state index in [-0.39, 0.29) is 5.97 Å². The standard InChI is InChI=1S/C21H23NO2S/c1-15(13-16-5-7-17(8-6-16)21(23)24-3)18-9-10-19-20(14-18)25-12-4-11-22(19)2/h5-10,13-14H,4,11-12H2,1-3H3/b15-13+. The fraction of sp³-hybridized carbons (Fsp3) is 0.286. The maximum Gasteiger partial charge on any atom is 0.337 e. The molecule has 0 aromatic heterocycles. The maximum atomic E-state index is 11.5. The van der Waals surface area contributed by atoms with Gasteiger partial charge in [0.2, 0.25) is 0 Å². The van der Waals surface area contributed by atoms with E-state index in [2.05, 4.69) is 43.1 Å². The van der Waals surface area contributed by atoms with Crippen molar-refractivity contribution in [1.82, 2.24) is 0 Å². The molecule has 25 heavy (non-hydrogen) atoms. The van der Waals surface area contributed by atoms with E-state index < -0.39 is 0 Å². The van der Waals surface area contributed by atoms with Gasteiger partial charge in [-0.05, 0) is 60.1 Å². The minimum absolute atomic E-state index is 0.306. The van der Waals surface area contributed by atoms with Gasteiger partial charge < -0.3 is 9.64 Å². The summed E-state index contributed by atoms with van der Waals surface area (Å²) in [4.78, 5) is 15.2. The summed E-state index contributed by atoms with van der Waals surface area (Å²) in [6.07, 6.45) is 3.36. The molecule has 2 aromatic carbocycles. The Hall–Kier alpha value is -2.20. The molecule has 1 heterocycles. The van der Waals surface area contributed by atoms with Gasteiger partial charge in [-0.3, -0.25) is 0 Å². The normalized spacial score (nSPS) is 14.7. The second-order valence-electron chi connectivity index (χ2n) is 6.25. The van der Waals surface area contributed by atoms with Crippen molar-refractivity contribution in [3.63, 3.8) is 0 Å². The highest BCUT2D eigenvalue weighted by atomic mass is 32.2. The number of ether oxygens (including phenoxy) is 1. The van der Waals surface area contributed by atoms with E-state index in [0.717, 1.165) is 12.1 Å². The number of hydrogen-bond acceptors (Lipinski definition) is 4. The SMILES string of the molecule is COC(=O)c1ccc(/C=C(\C)c2ccc3c(c2)SCCCN3C)cc1. The number of methoxy groups -OCH3 is 1. The van der Waals surface area contributed by atoms with Gasteiger partial charge in [0.25, 0.3) is 0 Å². The van der Waals surface area contributed by atoms with Gasteiger partial charge >= 0.3 is 5.97 Å². The molecule has 0 fully saturated rings. The number of hydrogen-bond donors (Lipinski definition) is 0. The van der Waals surface area contributed by atoms with E-state index >= 15 is 0 Å². The molecule has 0 unspecified atom stereocenters. The lowest BCUT2D eigenvalue weighted by Gasteiger charge is -2.19. The van der Waals surface area contributed by atoms with Gasteiger partial charge in [-0.2, -0.15) is 0 Å². The Labute approximate surface area is 153 Å². The summed E-state index contributed by atoms with van der Waals surface area (Å²) in [5, 5.41) is 0. The molecule has 0 amide bonds. The minimum atomic E-state index is -0.306. The molecular weight excluding hydrogens is 330 g/mol. The fourth-order valence-corrected chi connectivity index (χ4v) is 4.04. The molecule has 0 bridgehead atoms. The van der Waals surface area contributed by atoms with Crippen LogP contribution in [-0.2, 0) is 4.74 Å². The van der Waals surface area contributed by atoms with E-state index in [4.69, 9.17) is 4.74 Å². The Morgan fingerprint density at radius 1 is 1.16 bits per heavy atom. The zero-order valence-corrected chi connectivity index (χ0v) is 15.7. The van der Waals surface area contributed by atoms with E-state index in [1.54, 1.807) is 12.1 Å². The number of nitrogens with zero attached hydrogens (tertiary/aromatic N) is 1. The molecule has 0 spiro atoms. The van der Waals surface area contributed by atoms with Crippen molar-refractivity contribution in [1.29, 1.82) is 0 Å². The third-order valence-corrected chi connectivity index (χ3v) is 5.57. The van der Waals surface area contributed by atoms with Crippen molar-refractivity contribution in [2.45, 2.75) is 18.2 Å². The Bertz CT molecular complexity index is 796. The molecule has 130 valence electrons. The van der Waals surface area contributed by atoms with E-state index in [9.17, 15) is 4.79 Å². The number of thioether (sulfide) groups is 1. The van der Waals surface area contributed by atoms with Gasteiger partial charge in [0.1, 0.15) is 0 Å². The first-order valence-electron chi connectivity index (χ1n) is 8.43. The lowest BCUT2D eigenvalue weighted by Crippen LogP contribution is -2.17. The molecule has 3 rings (SSSR count). The number of carbonyl (C=O) groups is 1. The molecule has 0 saturated carbocycles. The zero-order chi connectivity index (χ0) is 17.8. The van der Waals surface area contributed by atoms with Crippen LogP contribution in [0.3, 0.4) is 0 Å². The first-order chi connectivity index (χ1) is 12.1. The van der Waals surface area contributed by atoms with E-state index in [1.807, 2.05) is 23.9 Å². The molecule has 1 aliphatic rings. The molecule has 0 saturated heterocycles. The van der Waals surface area contributed by atoms with Crippen LogP contribution < -0.4 is 4.90 Å². The fourth-order valence-electron chi connectivity index (χ4n) is 2.96. The smallest absolute Gasteiger partial charge is 0.337 e. The number of allylic oxidation sites excluding steroid dienone is 1. The van der Waals surface area contributed by atoms with Crippen LogP contribution in [0.25, 0.3) is 11.6 Å². The van der Waals surface area contributed by atoms with Gasteiger partial charge in [-0.15, -0.1) is 11.8 Å². The summed E-state index contributed by atoms with van der Waals surface area (Å²) < 4.78 is 4.74. The van der Waals surface area contributed by atoms with E-state index in [1.165, 1.54) is 41.0 Å². The van der Waals surface area contributed by atoms with E-state index in [0.29, 0.717) is 5.56 Å². The van der Waals surface area contributed by atoms with Crippen LogP contribution in [0, 0.1) is 0 Å². The second-order valence-corrected chi connectivity index (χ2v) is 7.38. The molecule has 0 N–H and O–H groups in total. The maximum absolute atomic E-state index is 11.5. The lowest BCUT2D eigenvalue weighted by molar-refractivity contribution is 0.0600. The van der Waals surface area contributed by atoms with Crippen LogP contribution in [0.2, 0.25) is 0 Å². The minimum Gasteiger partial charge on any atom is -0.465 e. The number of fused-ring (bicyclic) bond motifs is 1. The van der Waals surface area contributed by atoms with Crippen LogP contribution in [0.1, 0.15) is 34.8 Å². The topological polar surface area (TPSA) is 29.5 Å². The summed E-state index contributed by atoms with van der Waals surface area (Å²) in [7, 11) is 3.56. The molecule has 0 atom stereocenters. The molecule has 4 heteroatoms. The number of anilines is 1. The summed E-state index contributed by atoms with van der Waals surface area (Å²) in [6, 6.07) is 14.2. The van der Waals surface area contributed by atoms with Crippen LogP contribution in [0.5, 0.6) is 0 Å². The molecule has 0 aliphatic carbocycles. The average Bonchev–Trinajstić information content (AvgIpc) is 2.82. The molecular formula is C21H23NO2S. The molecule has 2 aromatic rings. The van der Waals surface area contributed by atoms with Crippen LogP contribution in [-0.4, -0.2) is 32.4 Å². The highest BCUT2D eigenvalue weighted by Crippen LogP contribution is 2.35. The van der Waals surface area contributed by atoms with Crippen LogP contribution in [0.4, 0.5) is 5.69 Å². The Morgan fingerprint density at radius 2 is 1.88 bits per heavy atom. The zero-order valence-electron chi connectivity index (χ0n) is 14.9. The van der Waals surface area contributed by atoms with Crippen molar-refractivity contribution in [2.24, 2.45) is 0 Å². The van der Waals surface area contributed by atoms with Crippen LogP contribution in [0.15, 0.2) is 47.4 Å². The third-order valence-electron chi connectivity index (χ3n) is 4.44. The van der Waals surface area contributed by atoms with Crippen molar-refractivity contribution in [2.75, 3.05) is 31.4 Å². The van der Waals surface area contributed by atoms with Gasteiger partial charge in [-0.25, -0.2) is 4.79 Å². The van der Waals surface area contributed by atoms with Crippen LogP contribution >= 0.6 is 11.8 Å². The van der Waals surface area contributed by atoms with Crippen molar-refractivity contribution in [3.05, 3.63) is 59.2 Å². The lowest BCUT2D eigenvalue weighted by atomic mass is 10.0. The summed E-state index contributed by atoms with van der Waals surface area (Å²) in [5.41, 5.74) is 5.41. The van der Waals surface area contributed by atoms with Gasteiger partial charge in [0, 0.05) is 18.5 Å². The van der Waals surface area contributed by atoms with Gasteiger partial charge in [-0.1, -0.05) is 24.3 Å². The average molecular weight is 353 g/mol. The second kappa shape index (κ2) is 7.79. The third kappa shape index (κ3) is 4.07. The van der Waals surface area contributed by atoms with Crippen molar-refractivity contribution < 1.29 is 9.53 Å². The summed E-state index contributed by atoms with van der Waals surface area (Å²) in [6.45, 7) is 3.24. The first-order valence-corrected chi connectivity index (χ1v) is 9.42. The molecule has 3 nitrogen and oxygen atoms in total. The number of benzene rings is 2.